The second-order valence-corrected chi connectivity index (χ2v) is 4.19. The van der Waals surface area contributed by atoms with E-state index in [0.29, 0.717) is 19.6 Å². The second kappa shape index (κ2) is 3.77. The Morgan fingerprint density at radius 3 is 2.21 bits per heavy atom. The average molecular weight is 202 g/mol. The molecule has 0 aromatic carbocycles. The standard InChI is InChI=1S/C10H18O4/c1-7-4-10(11-5-8(2)13-7)12-6-9(3)14-10/h7-9H,4-6H2,1-3H3. The number of hydrogen-bond acceptors (Lipinski definition) is 4. The van der Waals surface area contributed by atoms with Gasteiger partial charge in [0.05, 0.1) is 37.9 Å². The minimum atomic E-state index is -0.844. The van der Waals surface area contributed by atoms with E-state index in [1.807, 2.05) is 20.8 Å². The Kier molecular flexibility index (Phi) is 2.79. The van der Waals surface area contributed by atoms with Gasteiger partial charge in [-0.15, -0.1) is 0 Å². The molecule has 0 radical (unpaired) electrons. The third-order valence-corrected chi connectivity index (χ3v) is 2.46. The minimum absolute atomic E-state index is 0.104. The fourth-order valence-corrected chi connectivity index (χ4v) is 1.94. The quantitative estimate of drug-likeness (QED) is 0.593. The largest absolute Gasteiger partial charge is 0.373 e. The van der Waals surface area contributed by atoms with Crippen LogP contribution in [-0.4, -0.2) is 37.5 Å². The van der Waals surface area contributed by atoms with Crippen LogP contribution in [-0.2, 0) is 18.9 Å². The van der Waals surface area contributed by atoms with E-state index >= 15 is 0 Å². The fraction of sp³-hybridized carbons (Fsp3) is 1.00. The number of ether oxygens (including phenoxy) is 4. The molecule has 4 atom stereocenters. The van der Waals surface area contributed by atoms with Gasteiger partial charge in [-0.25, -0.2) is 0 Å². The molecule has 2 heterocycles. The molecule has 14 heavy (non-hydrogen) atoms. The van der Waals surface area contributed by atoms with Crippen LogP contribution in [0.15, 0.2) is 0 Å². The molecule has 4 heteroatoms. The molecule has 0 aromatic heterocycles. The molecule has 2 rings (SSSR count). The summed E-state index contributed by atoms with van der Waals surface area (Å²) in [7, 11) is 0. The molecule has 0 aliphatic carbocycles. The lowest BCUT2D eigenvalue weighted by Crippen LogP contribution is -2.36. The maximum atomic E-state index is 5.66. The summed E-state index contributed by atoms with van der Waals surface area (Å²) >= 11 is 0. The van der Waals surface area contributed by atoms with E-state index < -0.39 is 5.97 Å². The van der Waals surface area contributed by atoms with Gasteiger partial charge in [-0.2, -0.15) is 0 Å². The third-order valence-electron chi connectivity index (χ3n) is 2.46. The molecule has 0 N–H and O–H groups in total. The van der Waals surface area contributed by atoms with E-state index in [-0.39, 0.29) is 18.3 Å². The summed E-state index contributed by atoms with van der Waals surface area (Å²) in [5, 5.41) is 0. The Bertz CT molecular complexity index is 208. The molecule has 4 unspecified atom stereocenters. The predicted molar refractivity (Wildman–Crippen MR) is 49.8 cm³/mol. The van der Waals surface area contributed by atoms with Crippen LogP contribution in [0.1, 0.15) is 27.2 Å². The summed E-state index contributed by atoms with van der Waals surface area (Å²) in [6.45, 7) is 7.12. The molecule has 2 saturated heterocycles. The average Bonchev–Trinajstić information content (AvgIpc) is 2.37. The molecule has 4 nitrogen and oxygen atoms in total. The fourth-order valence-electron chi connectivity index (χ4n) is 1.94. The normalized spacial score (nSPS) is 49.5. The van der Waals surface area contributed by atoms with Crippen LogP contribution in [0.5, 0.6) is 0 Å². The van der Waals surface area contributed by atoms with Crippen LogP contribution in [0.4, 0.5) is 0 Å². The lowest BCUT2D eigenvalue weighted by atomic mass is 10.2. The predicted octanol–water partition coefficient (Wildman–Crippen LogP) is 1.29. The van der Waals surface area contributed by atoms with E-state index in [1.54, 1.807) is 0 Å². The van der Waals surface area contributed by atoms with Gasteiger partial charge in [0.15, 0.2) is 0 Å². The first-order valence-corrected chi connectivity index (χ1v) is 5.21. The van der Waals surface area contributed by atoms with E-state index in [0.717, 1.165) is 0 Å². The summed E-state index contributed by atoms with van der Waals surface area (Å²) in [5.74, 6) is -0.844. The first-order chi connectivity index (χ1) is 6.60. The summed E-state index contributed by atoms with van der Waals surface area (Å²) in [6, 6.07) is 0. The summed E-state index contributed by atoms with van der Waals surface area (Å²) < 4.78 is 22.5. The molecule has 2 aliphatic rings. The van der Waals surface area contributed by atoms with Crippen molar-refractivity contribution in [3.8, 4) is 0 Å². The van der Waals surface area contributed by atoms with Crippen LogP contribution in [0, 0.1) is 0 Å². The van der Waals surface area contributed by atoms with Crippen molar-refractivity contribution in [3.63, 3.8) is 0 Å². The van der Waals surface area contributed by atoms with Gasteiger partial charge in [-0.1, -0.05) is 0 Å². The van der Waals surface area contributed by atoms with Crippen LogP contribution in [0.25, 0.3) is 0 Å². The zero-order valence-corrected chi connectivity index (χ0v) is 8.99. The van der Waals surface area contributed by atoms with E-state index in [4.69, 9.17) is 18.9 Å². The smallest absolute Gasteiger partial charge is 0.285 e. The van der Waals surface area contributed by atoms with Crippen molar-refractivity contribution >= 4 is 0 Å². The molecule has 0 amide bonds. The summed E-state index contributed by atoms with van der Waals surface area (Å²) in [4.78, 5) is 0. The van der Waals surface area contributed by atoms with Crippen LogP contribution in [0.2, 0.25) is 0 Å². The van der Waals surface area contributed by atoms with Crippen molar-refractivity contribution in [2.45, 2.75) is 51.5 Å². The van der Waals surface area contributed by atoms with Gasteiger partial charge in [-0.3, -0.25) is 0 Å². The lowest BCUT2D eigenvalue weighted by Gasteiger charge is -2.26. The lowest BCUT2D eigenvalue weighted by molar-refractivity contribution is -0.337. The van der Waals surface area contributed by atoms with Crippen molar-refractivity contribution in [2.24, 2.45) is 0 Å². The van der Waals surface area contributed by atoms with Crippen LogP contribution < -0.4 is 0 Å². The van der Waals surface area contributed by atoms with E-state index in [1.165, 1.54) is 0 Å². The Balaban J connectivity index is 2.04. The second-order valence-electron chi connectivity index (χ2n) is 4.19. The molecule has 2 fully saturated rings. The van der Waals surface area contributed by atoms with Crippen molar-refractivity contribution in [1.29, 1.82) is 0 Å². The topological polar surface area (TPSA) is 36.9 Å². The number of hydrogen-bond donors (Lipinski definition) is 0. The zero-order chi connectivity index (χ0) is 10.2. The highest BCUT2D eigenvalue weighted by Gasteiger charge is 2.45. The third kappa shape index (κ3) is 2.08. The monoisotopic (exact) mass is 202 g/mol. The van der Waals surface area contributed by atoms with E-state index in [9.17, 15) is 0 Å². The van der Waals surface area contributed by atoms with Crippen molar-refractivity contribution in [3.05, 3.63) is 0 Å². The van der Waals surface area contributed by atoms with Gasteiger partial charge in [0.1, 0.15) is 0 Å². The van der Waals surface area contributed by atoms with Gasteiger partial charge in [0.25, 0.3) is 5.97 Å². The first kappa shape index (κ1) is 10.4. The highest BCUT2D eigenvalue weighted by atomic mass is 16.9. The molecule has 82 valence electrons. The number of rotatable bonds is 0. The minimum Gasteiger partial charge on any atom is -0.373 e. The SMILES string of the molecule is CC1COC2(CC(C)O1)OCC(C)O2. The maximum Gasteiger partial charge on any atom is 0.285 e. The van der Waals surface area contributed by atoms with Crippen molar-refractivity contribution in [2.75, 3.05) is 13.2 Å². The Morgan fingerprint density at radius 1 is 0.929 bits per heavy atom. The zero-order valence-electron chi connectivity index (χ0n) is 8.99. The van der Waals surface area contributed by atoms with Gasteiger partial charge in [-0.05, 0) is 20.8 Å². The van der Waals surface area contributed by atoms with Gasteiger partial charge < -0.3 is 18.9 Å². The Labute approximate surface area is 84.5 Å². The molecule has 0 bridgehead atoms. The van der Waals surface area contributed by atoms with Crippen molar-refractivity contribution < 1.29 is 18.9 Å². The Hall–Kier alpha value is -0.160. The summed E-state index contributed by atoms with van der Waals surface area (Å²) in [5.41, 5.74) is 0. The highest BCUT2D eigenvalue weighted by Crippen LogP contribution is 2.33. The van der Waals surface area contributed by atoms with Crippen LogP contribution in [0.3, 0.4) is 0 Å². The first-order valence-electron chi connectivity index (χ1n) is 5.21. The van der Waals surface area contributed by atoms with Crippen molar-refractivity contribution in [1.82, 2.24) is 0 Å². The Morgan fingerprint density at radius 2 is 1.57 bits per heavy atom. The van der Waals surface area contributed by atoms with E-state index in [2.05, 4.69) is 0 Å². The maximum absolute atomic E-state index is 5.66. The molecular formula is C10H18O4. The van der Waals surface area contributed by atoms with Gasteiger partial charge in [0, 0.05) is 0 Å². The van der Waals surface area contributed by atoms with Crippen LogP contribution >= 0.6 is 0 Å². The molecule has 0 aromatic rings. The van der Waals surface area contributed by atoms with Gasteiger partial charge >= 0.3 is 0 Å². The summed E-state index contributed by atoms with van der Waals surface area (Å²) in [6.07, 6.45) is 0.961. The molecule has 2 aliphatic heterocycles. The van der Waals surface area contributed by atoms with Gasteiger partial charge in [0.2, 0.25) is 0 Å². The molecule has 0 saturated carbocycles. The molecule has 1 spiro atoms. The molecular weight excluding hydrogens is 184 g/mol. The highest BCUT2D eigenvalue weighted by molar-refractivity contribution is 4.75.